The van der Waals surface area contributed by atoms with Crippen LogP contribution in [0.3, 0.4) is 0 Å². The van der Waals surface area contributed by atoms with Crippen LogP contribution in [-0.2, 0) is 14.3 Å². The maximum absolute atomic E-state index is 11.8. The molecule has 1 unspecified atom stereocenters. The van der Waals surface area contributed by atoms with E-state index < -0.39 is 0 Å². The second-order valence-corrected chi connectivity index (χ2v) is 5.76. The van der Waals surface area contributed by atoms with Crippen LogP contribution in [-0.4, -0.2) is 98.9 Å². The second-order valence-electron chi connectivity index (χ2n) is 5.76. The van der Waals surface area contributed by atoms with Gasteiger partial charge in [-0.15, -0.1) is 0 Å². The van der Waals surface area contributed by atoms with Crippen molar-refractivity contribution < 1.29 is 14.3 Å². The van der Waals surface area contributed by atoms with Gasteiger partial charge in [-0.05, 0) is 13.8 Å². The topological polar surface area (TPSA) is 45.2 Å². The van der Waals surface area contributed by atoms with Crippen molar-refractivity contribution in [3.63, 3.8) is 0 Å². The van der Waals surface area contributed by atoms with Crippen LogP contribution in [0, 0.1) is 0 Å². The highest BCUT2D eigenvalue weighted by molar-refractivity contribution is 5.75. The van der Waals surface area contributed by atoms with Gasteiger partial charge in [-0.3, -0.25) is 19.5 Å². The van der Waals surface area contributed by atoms with Crippen molar-refractivity contribution in [1.29, 1.82) is 0 Å². The number of ether oxygens (including phenoxy) is 2. The van der Waals surface area contributed by atoms with Gasteiger partial charge in [0.2, 0.25) is 0 Å². The maximum atomic E-state index is 11.8. The highest BCUT2D eigenvalue weighted by atomic mass is 16.5. The summed E-state index contributed by atoms with van der Waals surface area (Å²) in [4.78, 5) is 18.9. The number of piperazine rings is 1. The van der Waals surface area contributed by atoms with E-state index >= 15 is 0 Å². The Bertz CT molecular complexity index is 313. The van der Waals surface area contributed by atoms with Gasteiger partial charge in [-0.2, -0.15) is 0 Å². The van der Waals surface area contributed by atoms with Gasteiger partial charge in [0.15, 0.2) is 0 Å². The third-order valence-corrected chi connectivity index (χ3v) is 4.42. The number of morpholine rings is 1. The zero-order valence-corrected chi connectivity index (χ0v) is 13.4. The first-order valence-electron chi connectivity index (χ1n) is 8.14. The van der Waals surface area contributed by atoms with Crippen molar-refractivity contribution in [2.45, 2.75) is 19.9 Å². The largest absolute Gasteiger partial charge is 0.465 e. The summed E-state index contributed by atoms with van der Waals surface area (Å²) < 4.78 is 10.5. The van der Waals surface area contributed by atoms with Crippen LogP contribution in [0.5, 0.6) is 0 Å². The van der Waals surface area contributed by atoms with Gasteiger partial charge in [0, 0.05) is 52.4 Å². The molecular formula is C15H29N3O3. The monoisotopic (exact) mass is 299 g/mol. The number of carbonyl (C=O) groups is 1. The van der Waals surface area contributed by atoms with Crippen LogP contribution in [0.1, 0.15) is 13.8 Å². The van der Waals surface area contributed by atoms with E-state index in [-0.39, 0.29) is 12.0 Å². The Balaban J connectivity index is 1.64. The van der Waals surface area contributed by atoms with Crippen molar-refractivity contribution in [2.24, 2.45) is 0 Å². The van der Waals surface area contributed by atoms with Crippen molar-refractivity contribution in [1.82, 2.24) is 14.7 Å². The maximum Gasteiger partial charge on any atom is 0.323 e. The van der Waals surface area contributed by atoms with E-state index in [1.165, 1.54) is 0 Å². The lowest BCUT2D eigenvalue weighted by Crippen LogP contribution is -2.53. The first-order chi connectivity index (χ1) is 10.2. The fraction of sp³-hybridized carbons (Fsp3) is 0.933. The molecular weight excluding hydrogens is 270 g/mol. The predicted molar refractivity (Wildman–Crippen MR) is 81.4 cm³/mol. The van der Waals surface area contributed by atoms with Gasteiger partial charge in [-0.1, -0.05) is 0 Å². The first-order valence-corrected chi connectivity index (χ1v) is 8.14. The predicted octanol–water partition coefficient (Wildman–Crippen LogP) is -0.112. The molecule has 6 heteroatoms. The minimum absolute atomic E-state index is 0.0979. The molecule has 0 saturated carbocycles. The Morgan fingerprint density at radius 3 is 2.19 bits per heavy atom. The van der Waals surface area contributed by atoms with Gasteiger partial charge in [0.05, 0.1) is 19.8 Å². The second kappa shape index (κ2) is 8.68. The van der Waals surface area contributed by atoms with Crippen LogP contribution >= 0.6 is 0 Å². The molecule has 21 heavy (non-hydrogen) atoms. The van der Waals surface area contributed by atoms with Gasteiger partial charge >= 0.3 is 5.97 Å². The standard InChI is InChI=1S/C15H29N3O3/c1-3-21-15(19)14(2)18-8-6-16(7-9-18)4-5-17-10-12-20-13-11-17/h14H,3-13H2,1-2H3. The molecule has 2 aliphatic rings. The van der Waals surface area contributed by atoms with Crippen LogP contribution in [0.4, 0.5) is 0 Å². The van der Waals surface area contributed by atoms with E-state index in [0.717, 1.165) is 65.6 Å². The molecule has 0 amide bonds. The van der Waals surface area contributed by atoms with E-state index in [1.807, 2.05) is 13.8 Å². The van der Waals surface area contributed by atoms with E-state index in [4.69, 9.17) is 9.47 Å². The summed E-state index contributed by atoms with van der Waals surface area (Å²) in [5, 5.41) is 0. The fourth-order valence-electron chi connectivity index (χ4n) is 2.89. The smallest absolute Gasteiger partial charge is 0.323 e. The molecule has 2 fully saturated rings. The van der Waals surface area contributed by atoms with E-state index in [9.17, 15) is 4.79 Å². The molecule has 6 nitrogen and oxygen atoms in total. The molecule has 0 aromatic carbocycles. The molecule has 1 atom stereocenters. The third kappa shape index (κ3) is 5.21. The number of hydrogen-bond donors (Lipinski definition) is 0. The summed E-state index contributed by atoms with van der Waals surface area (Å²) in [6, 6.07) is -0.119. The molecule has 2 rings (SSSR count). The van der Waals surface area contributed by atoms with Crippen LogP contribution in [0.15, 0.2) is 0 Å². The summed E-state index contributed by atoms with van der Waals surface area (Å²) in [6.45, 7) is 14.3. The molecule has 0 radical (unpaired) electrons. The highest BCUT2D eigenvalue weighted by Gasteiger charge is 2.26. The lowest BCUT2D eigenvalue weighted by atomic mass is 10.2. The summed E-state index contributed by atoms with van der Waals surface area (Å²) in [6.07, 6.45) is 0. The lowest BCUT2D eigenvalue weighted by molar-refractivity contribution is -0.149. The molecule has 2 aliphatic heterocycles. The quantitative estimate of drug-likeness (QED) is 0.638. The summed E-state index contributed by atoms with van der Waals surface area (Å²) in [5.74, 6) is -0.0979. The minimum atomic E-state index is -0.119. The fourth-order valence-corrected chi connectivity index (χ4v) is 2.89. The first kappa shape index (κ1) is 16.7. The molecule has 122 valence electrons. The lowest BCUT2D eigenvalue weighted by Gasteiger charge is -2.38. The molecule has 0 aliphatic carbocycles. The highest BCUT2D eigenvalue weighted by Crippen LogP contribution is 2.08. The number of esters is 1. The van der Waals surface area contributed by atoms with Gasteiger partial charge in [0.1, 0.15) is 6.04 Å². The Morgan fingerprint density at radius 2 is 1.62 bits per heavy atom. The summed E-state index contributed by atoms with van der Waals surface area (Å²) >= 11 is 0. The van der Waals surface area contributed by atoms with Gasteiger partial charge < -0.3 is 9.47 Å². The molecule has 0 spiro atoms. The van der Waals surface area contributed by atoms with Crippen molar-refractivity contribution in [3.05, 3.63) is 0 Å². The Labute approximate surface area is 128 Å². The van der Waals surface area contributed by atoms with E-state index in [1.54, 1.807) is 0 Å². The molecule has 2 saturated heterocycles. The van der Waals surface area contributed by atoms with Crippen LogP contribution < -0.4 is 0 Å². The van der Waals surface area contributed by atoms with E-state index in [0.29, 0.717) is 6.61 Å². The Kier molecular flexibility index (Phi) is 6.89. The van der Waals surface area contributed by atoms with Crippen molar-refractivity contribution >= 4 is 5.97 Å². The molecule has 0 bridgehead atoms. The SMILES string of the molecule is CCOC(=O)C(C)N1CCN(CCN2CCOCC2)CC1. The van der Waals surface area contributed by atoms with Gasteiger partial charge in [-0.25, -0.2) is 0 Å². The van der Waals surface area contributed by atoms with Crippen LogP contribution in [0.25, 0.3) is 0 Å². The minimum Gasteiger partial charge on any atom is -0.465 e. The number of hydrogen-bond acceptors (Lipinski definition) is 6. The molecule has 0 aromatic heterocycles. The van der Waals surface area contributed by atoms with Crippen molar-refractivity contribution in [2.75, 3.05) is 72.2 Å². The normalized spacial score (nSPS) is 23.9. The zero-order chi connectivity index (χ0) is 15.1. The average Bonchev–Trinajstić information content (AvgIpc) is 2.54. The molecule has 2 heterocycles. The van der Waals surface area contributed by atoms with Crippen LogP contribution in [0.2, 0.25) is 0 Å². The summed E-state index contributed by atoms with van der Waals surface area (Å²) in [7, 11) is 0. The number of carbonyl (C=O) groups excluding carboxylic acids is 1. The third-order valence-electron chi connectivity index (χ3n) is 4.42. The summed E-state index contributed by atoms with van der Waals surface area (Å²) in [5.41, 5.74) is 0. The van der Waals surface area contributed by atoms with Gasteiger partial charge in [0.25, 0.3) is 0 Å². The van der Waals surface area contributed by atoms with E-state index in [2.05, 4.69) is 14.7 Å². The molecule has 0 N–H and O–H groups in total. The number of rotatable bonds is 6. The zero-order valence-electron chi connectivity index (χ0n) is 13.4. The Morgan fingerprint density at radius 1 is 1.05 bits per heavy atom. The molecule has 0 aromatic rings. The number of nitrogens with zero attached hydrogens (tertiary/aromatic N) is 3. The average molecular weight is 299 g/mol. The Hall–Kier alpha value is -0.690. The van der Waals surface area contributed by atoms with Crippen molar-refractivity contribution in [3.8, 4) is 0 Å².